The summed E-state index contributed by atoms with van der Waals surface area (Å²) < 4.78 is 12.7. The minimum atomic E-state index is -0.259. The molecule has 1 fully saturated rings. The summed E-state index contributed by atoms with van der Waals surface area (Å²) in [5.74, 6) is 4.06. The van der Waals surface area contributed by atoms with Gasteiger partial charge in [0.15, 0.2) is 11.6 Å². The smallest absolute Gasteiger partial charge is 0.287 e. The van der Waals surface area contributed by atoms with Gasteiger partial charge in [-0.05, 0) is 42.2 Å². The predicted molar refractivity (Wildman–Crippen MR) is 119 cm³/mol. The number of rotatable bonds is 7. The highest BCUT2D eigenvalue weighted by molar-refractivity contribution is 5.91. The van der Waals surface area contributed by atoms with E-state index in [4.69, 9.17) is 9.15 Å². The molecule has 6 rings (SSSR count). The molecule has 3 aliphatic carbocycles. The van der Waals surface area contributed by atoms with Crippen LogP contribution in [0.15, 0.2) is 28.2 Å². The number of methoxy groups -OCH3 is 1. The van der Waals surface area contributed by atoms with Gasteiger partial charge in [-0.2, -0.15) is 0 Å². The average molecular weight is 440 g/mol. The summed E-state index contributed by atoms with van der Waals surface area (Å²) in [6.45, 7) is 9.41. The van der Waals surface area contributed by atoms with Gasteiger partial charge in [0.05, 0.1) is 6.54 Å². The second-order valence-electron chi connectivity index (χ2n) is 9.91. The van der Waals surface area contributed by atoms with E-state index in [1.165, 1.54) is 12.8 Å². The van der Waals surface area contributed by atoms with Crippen molar-refractivity contribution in [3.05, 3.63) is 47.0 Å². The zero-order valence-corrected chi connectivity index (χ0v) is 19.3. The number of amides is 1. The van der Waals surface area contributed by atoms with Gasteiger partial charge in [0.25, 0.3) is 5.91 Å². The number of allylic oxidation sites excluding steroid dienone is 1. The van der Waals surface area contributed by atoms with Gasteiger partial charge in [0, 0.05) is 39.7 Å². The highest BCUT2D eigenvalue weighted by atomic mass is 16.5. The van der Waals surface area contributed by atoms with Crippen LogP contribution >= 0.6 is 0 Å². The zero-order valence-electron chi connectivity index (χ0n) is 19.3. The summed E-state index contributed by atoms with van der Waals surface area (Å²) in [4.78, 5) is 15.0. The number of fused-ring (bicyclic) bond motifs is 2. The molecule has 1 N–H and O–H groups in total. The number of ether oxygens (including phenoxy) is 1. The summed E-state index contributed by atoms with van der Waals surface area (Å²) >= 11 is 0. The van der Waals surface area contributed by atoms with Crippen LogP contribution in [0, 0.1) is 17.3 Å². The Morgan fingerprint density at radius 2 is 2.16 bits per heavy atom. The maximum atomic E-state index is 12.4. The second-order valence-corrected chi connectivity index (χ2v) is 9.91. The molecule has 0 unspecified atom stereocenters. The first kappa shape index (κ1) is 21.4. The Labute approximate surface area is 189 Å². The number of carbonyl (C=O) groups excluding carboxylic acids is 1. The molecular weight excluding hydrogens is 406 g/mol. The van der Waals surface area contributed by atoms with Crippen LogP contribution in [0.2, 0.25) is 0 Å². The number of carbonyl (C=O) groups is 1. The molecule has 2 atom stereocenters. The Bertz CT molecular complexity index is 1020. The summed E-state index contributed by atoms with van der Waals surface area (Å²) in [6.07, 6.45) is 5.99. The molecule has 1 amide bonds. The lowest BCUT2D eigenvalue weighted by Crippen LogP contribution is -2.50. The number of nitrogens with one attached hydrogen (secondary N) is 1. The van der Waals surface area contributed by atoms with Crippen LogP contribution in [-0.2, 0) is 30.9 Å². The third kappa shape index (κ3) is 3.90. The molecule has 0 saturated heterocycles. The third-order valence-electron chi connectivity index (χ3n) is 7.76. The molecule has 4 aliphatic rings. The van der Waals surface area contributed by atoms with Crippen molar-refractivity contribution in [3.8, 4) is 0 Å². The number of aromatic nitrogens is 3. The van der Waals surface area contributed by atoms with Gasteiger partial charge >= 0.3 is 0 Å². The monoisotopic (exact) mass is 439 g/mol. The second kappa shape index (κ2) is 8.48. The van der Waals surface area contributed by atoms with E-state index in [0.29, 0.717) is 24.3 Å². The van der Waals surface area contributed by atoms with E-state index in [1.54, 1.807) is 24.8 Å². The quantitative estimate of drug-likeness (QED) is 0.668. The first-order chi connectivity index (χ1) is 15.5. The highest BCUT2D eigenvalue weighted by Crippen LogP contribution is 2.59. The van der Waals surface area contributed by atoms with Gasteiger partial charge in [0.2, 0.25) is 0 Å². The minimum absolute atomic E-state index is 0.259. The van der Waals surface area contributed by atoms with E-state index < -0.39 is 0 Å². The fourth-order valence-electron chi connectivity index (χ4n) is 5.60. The SMILES string of the molecule is COCc1ccc(C(=O)NCc2nnc3n2CCN(CC2=CC[C@H]4C[C@@H]2C4(C)C)CC3)o1. The van der Waals surface area contributed by atoms with Gasteiger partial charge in [-0.25, -0.2) is 0 Å². The van der Waals surface area contributed by atoms with Crippen molar-refractivity contribution in [2.45, 2.75) is 52.8 Å². The Hall–Kier alpha value is -2.45. The van der Waals surface area contributed by atoms with Gasteiger partial charge in [-0.1, -0.05) is 25.5 Å². The fourth-order valence-corrected chi connectivity index (χ4v) is 5.60. The molecule has 0 radical (unpaired) electrons. The number of hydrogen-bond acceptors (Lipinski definition) is 6. The highest BCUT2D eigenvalue weighted by Gasteiger charge is 2.51. The maximum Gasteiger partial charge on any atom is 0.287 e. The Kier molecular flexibility index (Phi) is 5.67. The standard InChI is InChI=1S/C24H33N5O3/c1-24(2)17-5-4-16(19(24)12-17)14-28-9-8-21-26-27-22(29(21)11-10-28)13-25-23(30)20-7-6-18(32-20)15-31-3/h4,6-7,17,19H,5,8-15H2,1-3H3,(H,25,30)/t17-,19-/m0/s1. The Morgan fingerprint density at radius 3 is 2.94 bits per heavy atom. The van der Waals surface area contributed by atoms with Crippen molar-refractivity contribution < 1.29 is 13.9 Å². The zero-order chi connectivity index (χ0) is 22.3. The van der Waals surface area contributed by atoms with Gasteiger partial charge < -0.3 is 19.0 Å². The van der Waals surface area contributed by atoms with Crippen LogP contribution in [0.1, 0.15) is 54.7 Å². The van der Waals surface area contributed by atoms with Crippen molar-refractivity contribution in [1.29, 1.82) is 0 Å². The lowest BCUT2D eigenvalue weighted by Gasteiger charge is -2.57. The van der Waals surface area contributed by atoms with Crippen LogP contribution in [0.5, 0.6) is 0 Å². The molecule has 1 saturated carbocycles. The number of nitrogens with zero attached hydrogens (tertiary/aromatic N) is 4. The predicted octanol–water partition coefficient (Wildman–Crippen LogP) is 2.80. The molecule has 32 heavy (non-hydrogen) atoms. The molecule has 8 heteroatoms. The number of hydrogen-bond donors (Lipinski definition) is 1. The van der Waals surface area contributed by atoms with Crippen molar-refractivity contribution in [1.82, 2.24) is 25.0 Å². The van der Waals surface area contributed by atoms with Crippen LogP contribution in [0.3, 0.4) is 0 Å². The third-order valence-corrected chi connectivity index (χ3v) is 7.76. The molecule has 0 aromatic carbocycles. The lowest BCUT2D eigenvalue weighted by atomic mass is 9.49. The maximum absolute atomic E-state index is 12.4. The van der Waals surface area contributed by atoms with Crippen LogP contribution in [0.4, 0.5) is 0 Å². The minimum Gasteiger partial charge on any atom is -0.453 e. The van der Waals surface area contributed by atoms with E-state index in [0.717, 1.165) is 56.1 Å². The summed E-state index contributed by atoms with van der Waals surface area (Å²) in [5, 5.41) is 11.6. The van der Waals surface area contributed by atoms with E-state index in [2.05, 4.69) is 44.9 Å². The first-order valence-electron chi connectivity index (χ1n) is 11.6. The van der Waals surface area contributed by atoms with Crippen LogP contribution in [-0.4, -0.2) is 52.3 Å². The van der Waals surface area contributed by atoms with Crippen molar-refractivity contribution in [3.63, 3.8) is 0 Å². The lowest BCUT2D eigenvalue weighted by molar-refractivity contribution is -0.0106. The fraction of sp³-hybridized carbons (Fsp3) is 0.625. The van der Waals surface area contributed by atoms with Crippen LogP contribution < -0.4 is 5.32 Å². The molecular formula is C24H33N5O3. The summed E-state index contributed by atoms with van der Waals surface area (Å²) in [6, 6.07) is 3.42. The van der Waals surface area contributed by atoms with E-state index in [9.17, 15) is 4.79 Å². The average Bonchev–Trinajstić information content (AvgIpc) is 3.36. The Morgan fingerprint density at radius 1 is 1.28 bits per heavy atom. The van der Waals surface area contributed by atoms with Gasteiger partial charge in [0.1, 0.15) is 18.2 Å². The van der Waals surface area contributed by atoms with Crippen molar-refractivity contribution in [2.75, 3.05) is 26.7 Å². The van der Waals surface area contributed by atoms with E-state index in [1.807, 2.05) is 0 Å². The molecule has 172 valence electrons. The van der Waals surface area contributed by atoms with Gasteiger partial charge in [-0.15, -0.1) is 10.2 Å². The first-order valence-corrected chi connectivity index (χ1v) is 11.6. The molecule has 2 aromatic heterocycles. The van der Waals surface area contributed by atoms with Crippen molar-refractivity contribution >= 4 is 5.91 Å². The molecule has 2 aromatic rings. The largest absolute Gasteiger partial charge is 0.453 e. The molecule has 3 heterocycles. The topological polar surface area (TPSA) is 85.4 Å². The van der Waals surface area contributed by atoms with E-state index >= 15 is 0 Å². The molecule has 1 aliphatic heterocycles. The van der Waals surface area contributed by atoms with Crippen molar-refractivity contribution in [2.24, 2.45) is 17.3 Å². The van der Waals surface area contributed by atoms with Gasteiger partial charge in [-0.3, -0.25) is 9.69 Å². The Balaban J connectivity index is 1.17. The van der Waals surface area contributed by atoms with Crippen LogP contribution in [0.25, 0.3) is 0 Å². The molecule has 0 spiro atoms. The molecule has 8 nitrogen and oxygen atoms in total. The summed E-state index contributed by atoms with van der Waals surface area (Å²) in [5.41, 5.74) is 2.10. The normalized spacial score (nSPS) is 24.3. The summed E-state index contributed by atoms with van der Waals surface area (Å²) in [7, 11) is 1.59. The number of furan rings is 1. The van der Waals surface area contributed by atoms with E-state index in [-0.39, 0.29) is 11.7 Å². The molecule has 2 bridgehead atoms.